The summed E-state index contributed by atoms with van der Waals surface area (Å²) in [5.41, 5.74) is 1.06. The first kappa shape index (κ1) is 14.5. The smallest absolute Gasteiger partial charge is 0.305 e. The highest BCUT2D eigenvalue weighted by Gasteiger charge is 2.37. The van der Waals surface area contributed by atoms with Gasteiger partial charge in [-0.3, -0.25) is 14.4 Å². The monoisotopic (exact) mass is 317 g/mol. The van der Waals surface area contributed by atoms with Gasteiger partial charge in [-0.15, -0.1) is 0 Å². The average molecular weight is 317 g/mol. The second-order valence-corrected chi connectivity index (χ2v) is 5.95. The largest absolute Gasteiger partial charge is 0.328 e. The van der Waals surface area contributed by atoms with Crippen LogP contribution in [0.4, 0.5) is 5.69 Å². The van der Waals surface area contributed by atoms with Crippen molar-refractivity contribution in [3.05, 3.63) is 51.1 Å². The van der Waals surface area contributed by atoms with Crippen LogP contribution in [-0.2, 0) is 4.79 Å². The van der Waals surface area contributed by atoms with E-state index in [4.69, 9.17) is 0 Å². The summed E-state index contributed by atoms with van der Waals surface area (Å²) in [6, 6.07) is 8.89. The Balaban J connectivity index is 1.77. The standard InChI is InChI=1S/C15H15N3O3S/c1-17(13(19)11-9-22-15(21)16-11)12-7-8-18(14(12)20)10-5-3-2-4-6-10/h2-6,9,12H,7-8H2,1H3,(H,16,21)/t12-/m0/s1. The summed E-state index contributed by atoms with van der Waals surface area (Å²) in [7, 11) is 1.59. The molecule has 1 atom stereocenters. The number of hydrogen-bond acceptors (Lipinski definition) is 4. The molecule has 2 aromatic rings. The Kier molecular flexibility index (Phi) is 3.81. The lowest BCUT2D eigenvalue weighted by Gasteiger charge is -2.23. The number of amides is 2. The number of aromatic nitrogens is 1. The van der Waals surface area contributed by atoms with Gasteiger partial charge in [-0.25, -0.2) is 0 Å². The number of anilines is 1. The van der Waals surface area contributed by atoms with E-state index in [-0.39, 0.29) is 22.4 Å². The summed E-state index contributed by atoms with van der Waals surface area (Å²) < 4.78 is 0. The zero-order valence-electron chi connectivity index (χ0n) is 12.0. The number of nitrogens with one attached hydrogen (secondary N) is 1. The molecular formula is C15H15N3O3S. The van der Waals surface area contributed by atoms with E-state index in [0.29, 0.717) is 13.0 Å². The van der Waals surface area contributed by atoms with Crippen molar-refractivity contribution >= 4 is 28.8 Å². The molecule has 1 aliphatic heterocycles. The molecule has 1 aromatic carbocycles. The number of benzene rings is 1. The normalized spacial score (nSPS) is 17.8. The zero-order chi connectivity index (χ0) is 15.7. The lowest BCUT2D eigenvalue weighted by Crippen LogP contribution is -2.43. The molecule has 0 aliphatic carbocycles. The van der Waals surface area contributed by atoms with E-state index >= 15 is 0 Å². The SMILES string of the molecule is CN(C(=O)c1csc(=O)[nH]1)[C@H]1CCN(c2ccccc2)C1=O. The molecule has 6 nitrogen and oxygen atoms in total. The lowest BCUT2D eigenvalue weighted by atomic mass is 10.2. The van der Waals surface area contributed by atoms with Crippen LogP contribution in [0.2, 0.25) is 0 Å². The number of H-pyrrole nitrogens is 1. The van der Waals surface area contributed by atoms with Crippen LogP contribution in [-0.4, -0.2) is 41.3 Å². The topological polar surface area (TPSA) is 73.5 Å². The number of para-hydroxylation sites is 1. The maximum atomic E-state index is 12.6. The van der Waals surface area contributed by atoms with Crippen molar-refractivity contribution in [2.45, 2.75) is 12.5 Å². The van der Waals surface area contributed by atoms with Crippen LogP contribution < -0.4 is 9.77 Å². The molecule has 114 valence electrons. The summed E-state index contributed by atoms with van der Waals surface area (Å²) in [5.74, 6) is -0.439. The highest BCUT2D eigenvalue weighted by atomic mass is 32.1. The third-order valence-corrected chi connectivity index (χ3v) is 4.45. The fourth-order valence-electron chi connectivity index (χ4n) is 2.61. The van der Waals surface area contributed by atoms with Crippen LogP contribution in [0.5, 0.6) is 0 Å². The first-order chi connectivity index (χ1) is 10.6. The number of likely N-dealkylation sites (N-methyl/N-ethyl adjacent to an activating group) is 1. The Morgan fingerprint density at radius 3 is 2.68 bits per heavy atom. The Morgan fingerprint density at radius 1 is 1.32 bits per heavy atom. The van der Waals surface area contributed by atoms with E-state index in [1.54, 1.807) is 11.9 Å². The van der Waals surface area contributed by atoms with Gasteiger partial charge in [-0.1, -0.05) is 29.5 Å². The van der Waals surface area contributed by atoms with Gasteiger partial charge in [0.1, 0.15) is 11.7 Å². The van der Waals surface area contributed by atoms with Crippen molar-refractivity contribution in [3.63, 3.8) is 0 Å². The third kappa shape index (κ3) is 2.55. The number of aromatic amines is 1. The Morgan fingerprint density at radius 2 is 2.05 bits per heavy atom. The maximum absolute atomic E-state index is 12.6. The number of hydrogen-bond donors (Lipinski definition) is 1. The van der Waals surface area contributed by atoms with Gasteiger partial charge in [-0.2, -0.15) is 0 Å². The molecule has 1 N–H and O–H groups in total. The molecule has 2 heterocycles. The average Bonchev–Trinajstić information content (AvgIpc) is 3.13. The number of rotatable bonds is 3. The van der Waals surface area contributed by atoms with E-state index in [1.165, 1.54) is 10.3 Å². The molecule has 1 fully saturated rings. The number of nitrogens with zero attached hydrogens (tertiary/aromatic N) is 2. The van der Waals surface area contributed by atoms with Crippen molar-refractivity contribution < 1.29 is 9.59 Å². The minimum absolute atomic E-state index is 0.0976. The molecule has 7 heteroatoms. The summed E-state index contributed by atoms with van der Waals surface area (Å²) in [6.45, 7) is 0.575. The highest BCUT2D eigenvalue weighted by molar-refractivity contribution is 7.07. The fraction of sp³-hybridized carbons (Fsp3) is 0.267. The molecular weight excluding hydrogens is 302 g/mol. The van der Waals surface area contributed by atoms with Gasteiger partial charge in [0.05, 0.1) is 0 Å². The fourth-order valence-corrected chi connectivity index (χ4v) is 3.16. The predicted molar refractivity (Wildman–Crippen MR) is 84.2 cm³/mol. The van der Waals surface area contributed by atoms with Gasteiger partial charge in [0.2, 0.25) is 5.91 Å². The van der Waals surface area contributed by atoms with Gasteiger partial charge < -0.3 is 14.8 Å². The second-order valence-electron chi connectivity index (χ2n) is 5.11. The van der Waals surface area contributed by atoms with Crippen molar-refractivity contribution in [1.82, 2.24) is 9.88 Å². The molecule has 0 spiro atoms. The van der Waals surface area contributed by atoms with Crippen LogP contribution in [0, 0.1) is 0 Å². The maximum Gasteiger partial charge on any atom is 0.305 e. The number of thiazole rings is 1. The number of carbonyl (C=O) groups is 2. The highest BCUT2D eigenvalue weighted by Crippen LogP contribution is 2.24. The van der Waals surface area contributed by atoms with E-state index in [0.717, 1.165) is 17.0 Å². The molecule has 0 saturated carbocycles. The van der Waals surface area contributed by atoms with Crippen molar-refractivity contribution in [2.24, 2.45) is 0 Å². The van der Waals surface area contributed by atoms with Gasteiger partial charge in [0.15, 0.2) is 0 Å². The minimum atomic E-state index is -0.504. The molecule has 1 aromatic heterocycles. The predicted octanol–water partition coefficient (Wildman–Crippen LogP) is 1.31. The van der Waals surface area contributed by atoms with E-state index < -0.39 is 6.04 Å². The minimum Gasteiger partial charge on any atom is -0.328 e. The van der Waals surface area contributed by atoms with E-state index in [1.807, 2.05) is 30.3 Å². The van der Waals surface area contributed by atoms with E-state index in [9.17, 15) is 14.4 Å². The van der Waals surface area contributed by atoms with Gasteiger partial charge in [0, 0.05) is 24.7 Å². The molecule has 22 heavy (non-hydrogen) atoms. The summed E-state index contributed by atoms with van der Waals surface area (Å²) in [5, 5.41) is 1.48. The summed E-state index contributed by atoms with van der Waals surface area (Å²) in [4.78, 5) is 41.3. The Bertz CT molecular complexity index is 753. The van der Waals surface area contributed by atoms with Gasteiger partial charge in [0.25, 0.3) is 5.91 Å². The summed E-state index contributed by atoms with van der Waals surface area (Å²) in [6.07, 6.45) is 0.574. The van der Waals surface area contributed by atoms with Crippen LogP contribution in [0.1, 0.15) is 16.9 Å². The molecule has 0 radical (unpaired) electrons. The first-order valence-electron chi connectivity index (χ1n) is 6.89. The van der Waals surface area contributed by atoms with Crippen molar-refractivity contribution in [2.75, 3.05) is 18.5 Å². The molecule has 0 unspecified atom stereocenters. The Labute approximate surface area is 131 Å². The van der Waals surface area contributed by atoms with Crippen molar-refractivity contribution in [1.29, 1.82) is 0 Å². The molecule has 3 rings (SSSR count). The van der Waals surface area contributed by atoms with Crippen LogP contribution in [0.15, 0.2) is 40.5 Å². The molecule has 0 bridgehead atoms. The first-order valence-corrected chi connectivity index (χ1v) is 7.77. The van der Waals surface area contributed by atoms with Crippen LogP contribution in [0.3, 0.4) is 0 Å². The van der Waals surface area contributed by atoms with Crippen molar-refractivity contribution in [3.8, 4) is 0 Å². The van der Waals surface area contributed by atoms with Gasteiger partial charge >= 0.3 is 4.87 Å². The number of carbonyl (C=O) groups excluding carboxylic acids is 2. The van der Waals surface area contributed by atoms with Crippen LogP contribution >= 0.6 is 11.3 Å². The van der Waals surface area contributed by atoms with Crippen LogP contribution in [0.25, 0.3) is 0 Å². The molecule has 2 amide bonds. The molecule has 1 saturated heterocycles. The zero-order valence-corrected chi connectivity index (χ0v) is 12.8. The second kappa shape index (κ2) is 5.76. The quantitative estimate of drug-likeness (QED) is 0.928. The molecule has 1 aliphatic rings. The Hall–Kier alpha value is -2.41. The van der Waals surface area contributed by atoms with Gasteiger partial charge in [-0.05, 0) is 18.6 Å². The third-order valence-electron chi connectivity index (χ3n) is 3.78. The summed E-state index contributed by atoms with van der Waals surface area (Å²) >= 11 is 0.937. The van der Waals surface area contributed by atoms with E-state index in [2.05, 4.69) is 4.98 Å². The lowest BCUT2D eigenvalue weighted by molar-refractivity contribution is -0.120.